The number of hydrogen-bond acceptors (Lipinski definition) is 2. The highest BCUT2D eigenvalue weighted by Crippen LogP contribution is 2.15. The topological polar surface area (TPSA) is 27.0 Å². The van der Waals surface area contributed by atoms with Crippen LogP contribution in [0.2, 0.25) is 0 Å². The van der Waals surface area contributed by atoms with E-state index in [2.05, 4.69) is 59.9 Å². The van der Waals surface area contributed by atoms with Crippen molar-refractivity contribution in [2.24, 2.45) is 11.8 Å². The van der Waals surface area contributed by atoms with Crippen molar-refractivity contribution in [3.63, 3.8) is 0 Å². The normalized spacial score (nSPS) is 12.8. The Morgan fingerprint density at radius 2 is 2.12 bits per heavy atom. The third-order valence-corrected chi connectivity index (χ3v) is 3.31. The summed E-state index contributed by atoms with van der Waals surface area (Å²) in [6.07, 6.45) is 0. The van der Waals surface area contributed by atoms with Gasteiger partial charge in [0.25, 0.3) is 0 Å². The zero-order chi connectivity index (χ0) is 12.8. The first-order valence-electron chi connectivity index (χ1n) is 5.85. The van der Waals surface area contributed by atoms with Gasteiger partial charge in [0.2, 0.25) is 0 Å². The molecule has 1 aromatic rings. The largest absolute Gasteiger partial charge is 0.301 e. The van der Waals surface area contributed by atoms with Crippen LogP contribution in [0.5, 0.6) is 0 Å². The predicted molar refractivity (Wildman–Crippen MR) is 74.4 cm³/mol. The maximum atomic E-state index is 9.07. The van der Waals surface area contributed by atoms with Crippen molar-refractivity contribution in [3.8, 4) is 6.07 Å². The van der Waals surface area contributed by atoms with Gasteiger partial charge in [0, 0.05) is 17.6 Å². The average molecular weight is 295 g/mol. The van der Waals surface area contributed by atoms with Crippen molar-refractivity contribution in [3.05, 3.63) is 34.3 Å². The minimum atomic E-state index is 0.104. The Labute approximate surface area is 112 Å². The molecular weight excluding hydrogens is 276 g/mol. The highest BCUT2D eigenvalue weighted by Gasteiger charge is 2.14. The summed E-state index contributed by atoms with van der Waals surface area (Å²) in [7, 11) is 2.06. The van der Waals surface area contributed by atoms with Gasteiger partial charge in [0.15, 0.2) is 0 Å². The first kappa shape index (κ1) is 14.2. The third kappa shape index (κ3) is 4.89. The van der Waals surface area contributed by atoms with E-state index in [9.17, 15) is 0 Å². The summed E-state index contributed by atoms with van der Waals surface area (Å²) in [4.78, 5) is 2.20. The van der Waals surface area contributed by atoms with Gasteiger partial charge >= 0.3 is 0 Å². The van der Waals surface area contributed by atoms with Crippen LogP contribution in [0.15, 0.2) is 28.7 Å². The van der Waals surface area contributed by atoms with Gasteiger partial charge in [-0.1, -0.05) is 41.9 Å². The van der Waals surface area contributed by atoms with Gasteiger partial charge in [0.05, 0.1) is 12.0 Å². The molecule has 2 nitrogen and oxygen atoms in total. The highest BCUT2D eigenvalue weighted by molar-refractivity contribution is 9.10. The Bertz CT molecular complexity index is 395. The van der Waals surface area contributed by atoms with Gasteiger partial charge in [0.1, 0.15) is 0 Å². The van der Waals surface area contributed by atoms with Crippen molar-refractivity contribution < 1.29 is 0 Å². The molecule has 0 heterocycles. The Morgan fingerprint density at radius 3 is 2.65 bits per heavy atom. The van der Waals surface area contributed by atoms with Gasteiger partial charge in [-0.2, -0.15) is 5.26 Å². The molecule has 17 heavy (non-hydrogen) atoms. The molecule has 0 spiro atoms. The zero-order valence-corrected chi connectivity index (χ0v) is 12.2. The maximum Gasteiger partial charge on any atom is 0.0672 e. The molecule has 0 saturated heterocycles. The lowest BCUT2D eigenvalue weighted by Crippen LogP contribution is -2.27. The summed E-state index contributed by atoms with van der Waals surface area (Å²) in [5.74, 6) is 0.511. The summed E-state index contributed by atoms with van der Waals surface area (Å²) in [6, 6.07) is 10.7. The molecule has 0 aliphatic rings. The fourth-order valence-electron chi connectivity index (χ4n) is 1.75. The maximum absolute atomic E-state index is 9.07. The number of halogens is 1. The van der Waals surface area contributed by atoms with E-state index in [4.69, 9.17) is 5.26 Å². The van der Waals surface area contributed by atoms with Crippen LogP contribution in [0.25, 0.3) is 0 Å². The molecule has 0 radical (unpaired) electrons. The second-order valence-electron chi connectivity index (χ2n) is 4.81. The van der Waals surface area contributed by atoms with E-state index in [0.717, 1.165) is 17.6 Å². The average Bonchev–Trinajstić information content (AvgIpc) is 2.25. The van der Waals surface area contributed by atoms with Crippen molar-refractivity contribution in [1.82, 2.24) is 4.90 Å². The van der Waals surface area contributed by atoms with Crippen LogP contribution in [-0.2, 0) is 6.54 Å². The zero-order valence-electron chi connectivity index (χ0n) is 10.7. The Balaban J connectivity index is 2.55. The van der Waals surface area contributed by atoms with Crippen molar-refractivity contribution in [2.75, 3.05) is 13.6 Å². The van der Waals surface area contributed by atoms with Crippen LogP contribution >= 0.6 is 15.9 Å². The van der Waals surface area contributed by atoms with Crippen LogP contribution in [0.3, 0.4) is 0 Å². The lowest BCUT2D eigenvalue weighted by atomic mass is 9.97. The molecule has 0 fully saturated rings. The molecular formula is C14H19BrN2. The predicted octanol–water partition coefficient (Wildman–Crippen LogP) is 3.68. The number of rotatable bonds is 5. The van der Waals surface area contributed by atoms with E-state index in [1.165, 1.54) is 5.56 Å². The van der Waals surface area contributed by atoms with Crippen molar-refractivity contribution in [1.29, 1.82) is 5.26 Å². The molecule has 0 saturated carbocycles. The Kier molecular flexibility index (Phi) is 5.67. The van der Waals surface area contributed by atoms with Crippen LogP contribution in [0.1, 0.15) is 19.4 Å². The molecule has 0 aliphatic carbocycles. The highest BCUT2D eigenvalue weighted by atomic mass is 79.9. The minimum Gasteiger partial charge on any atom is -0.301 e. The van der Waals surface area contributed by atoms with E-state index >= 15 is 0 Å². The van der Waals surface area contributed by atoms with E-state index in [1.807, 2.05) is 12.1 Å². The quantitative estimate of drug-likeness (QED) is 0.828. The number of hydrogen-bond donors (Lipinski definition) is 0. The van der Waals surface area contributed by atoms with Crippen LogP contribution < -0.4 is 0 Å². The molecule has 1 aromatic carbocycles. The second kappa shape index (κ2) is 6.78. The van der Waals surface area contributed by atoms with Gasteiger partial charge < -0.3 is 4.90 Å². The van der Waals surface area contributed by atoms with Crippen molar-refractivity contribution >= 4 is 15.9 Å². The number of nitrogens with zero attached hydrogens (tertiary/aromatic N) is 2. The third-order valence-electron chi connectivity index (χ3n) is 2.82. The number of nitriles is 1. The van der Waals surface area contributed by atoms with E-state index < -0.39 is 0 Å². The first-order valence-corrected chi connectivity index (χ1v) is 6.65. The summed E-state index contributed by atoms with van der Waals surface area (Å²) >= 11 is 3.47. The molecule has 0 N–H and O–H groups in total. The summed E-state index contributed by atoms with van der Waals surface area (Å²) in [5, 5.41) is 9.07. The van der Waals surface area contributed by atoms with Gasteiger partial charge in [-0.15, -0.1) is 0 Å². The smallest absolute Gasteiger partial charge is 0.0672 e. The molecule has 92 valence electrons. The van der Waals surface area contributed by atoms with Crippen molar-refractivity contribution in [2.45, 2.75) is 20.4 Å². The molecule has 1 rings (SSSR count). The summed E-state index contributed by atoms with van der Waals surface area (Å²) in [6.45, 7) is 5.90. The minimum absolute atomic E-state index is 0.104. The monoisotopic (exact) mass is 294 g/mol. The number of benzene rings is 1. The molecule has 1 atom stereocenters. The van der Waals surface area contributed by atoms with Crippen LogP contribution in [0, 0.1) is 23.2 Å². The lowest BCUT2D eigenvalue weighted by molar-refractivity contribution is 0.265. The lowest BCUT2D eigenvalue weighted by Gasteiger charge is -2.22. The summed E-state index contributed by atoms with van der Waals surface area (Å²) in [5.41, 5.74) is 1.27. The van der Waals surface area contributed by atoms with E-state index in [0.29, 0.717) is 5.92 Å². The first-order chi connectivity index (χ1) is 8.02. The van der Waals surface area contributed by atoms with Gasteiger partial charge in [-0.05, 0) is 30.7 Å². The fourth-order valence-corrected chi connectivity index (χ4v) is 2.19. The van der Waals surface area contributed by atoms with Crippen LogP contribution in [0.4, 0.5) is 0 Å². The van der Waals surface area contributed by atoms with E-state index in [1.54, 1.807) is 0 Å². The fraction of sp³-hybridized carbons (Fsp3) is 0.500. The molecule has 0 aliphatic heterocycles. The van der Waals surface area contributed by atoms with Gasteiger partial charge in [-0.3, -0.25) is 0 Å². The SMILES string of the molecule is CC(C)C(C#N)CN(C)Cc1cccc(Br)c1. The summed E-state index contributed by atoms with van der Waals surface area (Å²) < 4.78 is 1.10. The standard InChI is InChI=1S/C14H19BrN2/c1-11(2)13(8-16)10-17(3)9-12-5-4-6-14(15)7-12/h4-7,11,13H,9-10H2,1-3H3. The van der Waals surface area contributed by atoms with Crippen LogP contribution in [-0.4, -0.2) is 18.5 Å². The molecule has 1 unspecified atom stereocenters. The Morgan fingerprint density at radius 1 is 1.41 bits per heavy atom. The molecule has 3 heteroatoms. The Hall–Kier alpha value is -0.850. The molecule has 0 bridgehead atoms. The van der Waals surface area contributed by atoms with Gasteiger partial charge in [-0.25, -0.2) is 0 Å². The molecule has 0 amide bonds. The van der Waals surface area contributed by atoms with E-state index in [-0.39, 0.29) is 5.92 Å². The second-order valence-corrected chi connectivity index (χ2v) is 5.72. The molecule has 0 aromatic heterocycles.